The summed E-state index contributed by atoms with van der Waals surface area (Å²) in [7, 11) is 0. The highest BCUT2D eigenvalue weighted by atomic mass is 35.5. The topological polar surface area (TPSA) is 9.23 Å². The van der Waals surface area contributed by atoms with Crippen LogP contribution in [0, 0.1) is 6.92 Å². The summed E-state index contributed by atoms with van der Waals surface area (Å²) in [6.07, 6.45) is 0.863. The molecule has 192 valence electrons. The Hall–Kier alpha value is -1.97. The number of thioether (sulfide) groups is 1. The molecular weight excluding hydrogens is 475 g/mol. The van der Waals surface area contributed by atoms with E-state index in [4.69, 9.17) is 16.3 Å². The van der Waals surface area contributed by atoms with Crippen LogP contribution < -0.4 is 4.74 Å². The van der Waals surface area contributed by atoms with E-state index in [1.165, 1.54) is 22.9 Å². The fraction of sp³-hybridized carbons (Fsp3) is 0.419. The van der Waals surface area contributed by atoms with Crippen molar-refractivity contribution in [3.8, 4) is 5.75 Å². The minimum absolute atomic E-state index is 0.443. The minimum atomic E-state index is -1.25. The quantitative estimate of drug-likeness (QED) is 0.301. The number of hydrogen-bond donors (Lipinski definition) is 0. The molecule has 0 aromatic heterocycles. The van der Waals surface area contributed by atoms with Gasteiger partial charge in [0.2, 0.25) is 6.36 Å². The number of aryl methyl sites for hydroxylation is 1. The normalized spacial score (nSPS) is 11.5. The second-order valence-corrected chi connectivity index (χ2v) is 10.8. The lowest BCUT2D eigenvalue weighted by molar-refractivity contribution is 0.0859. The number of alkyl halides is 1. The molecule has 1 atom stereocenters. The Labute approximate surface area is 222 Å². The first kappa shape index (κ1) is 31.1. The second-order valence-electron chi connectivity index (χ2n) is 9.48. The van der Waals surface area contributed by atoms with Gasteiger partial charge < -0.3 is 4.74 Å². The Balaban J connectivity index is 0.000000264. The van der Waals surface area contributed by atoms with E-state index >= 15 is 0 Å². The van der Waals surface area contributed by atoms with Crippen LogP contribution in [0.15, 0.2) is 71.6 Å². The molecule has 4 heteroatoms. The van der Waals surface area contributed by atoms with Crippen molar-refractivity contribution in [2.24, 2.45) is 0 Å². The van der Waals surface area contributed by atoms with E-state index in [-0.39, 0.29) is 0 Å². The van der Waals surface area contributed by atoms with Gasteiger partial charge in [-0.05, 0) is 83.5 Å². The van der Waals surface area contributed by atoms with Crippen LogP contribution in [0.4, 0.5) is 4.39 Å². The van der Waals surface area contributed by atoms with Gasteiger partial charge in [-0.3, -0.25) is 0 Å². The third-order valence-corrected chi connectivity index (χ3v) is 6.58. The van der Waals surface area contributed by atoms with Gasteiger partial charge in [0.25, 0.3) is 0 Å². The summed E-state index contributed by atoms with van der Waals surface area (Å²) in [4.78, 5) is 1.36. The molecule has 0 aliphatic heterocycles. The first-order valence-corrected chi connectivity index (χ1v) is 13.9. The highest BCUT2D eigenvalue weighted by molar-refractivity contribution is 7.98. The van der Waals surface area contributed by atoms with Gasteiger partial charge in [-0.15, -0.1) is 11.8 Å². The molecule has 0 heterocycles. The van der Waals surface area contributed by atoms with Gasteiger partial charge in [0, 0.05) is 16.8 Å². The molecule has 0 saturated carbocycles. The Bertz CT molecular complexity index is 1010. The van der Waals surface area contributed by atoms with Crippen molar-refractivity contribution in [2.75, 3.05) is 6.26 Å². The highest BCUT2D eigenvalue weighted by Crippen LogP contribution is 2.22. The monoisotopic (exact) mass is 516 g/mol. The van der Waals surface area contributed by atoms with Crippen LogP contribution in [0.2, 0.25) is 5.02 Å². The zero-order chi connectivity index (χ0) is 26.5. The smallest absolute Gasteiger partial charge is 0.235 e. The van der Waals surface area contributed by atoms with E-state index in [0.717, 1.165) is 16.1 Å². The van der Waals surface area contributed by atoms with Crippen molar-refractivity contribution in [1.82, 2.24) is 0 Å². The number of rotatable bonds is 6. The molecular formula is C31H42ClFOS. The van der Waals surface area contributed by atoms with Crippen molar-refractivity contribution >= 4 is 23.4 Å². The lowest BCUT2D eigenvalue weighted by atomic mass is 10.0. The predicted molar refractivity (Wildman–Crippen MR) is 154 cm³/mol. The molecule has 0 saturated heterocycles. The van der Waals surface area contributed by atoms with Crippen LogP contribution >= 0.6 is 23.4 Å². The zero-order valence-corrected chi connectivity index (χ0v) is 24.3. The lowest BCUT2D eigenvalue weighted by Gasteiger charge is -2.10. The lowest BCUT2D eigenvalue weighted by Crippen LogP contribution is -2.03. The van der Waals surface area contributed by atoms with Crippen molar-refractivity contribution < 1.29 is 9.13 Å². The molecule has 0 N–H and O–H groups in total. The summed E-state index contributed by atoms with van der Waals surface area (Å²) in [6, 6.07) is 22.5. The fourth-order valence-corrected chi connectivity index (χ4v) is 3.75. The van der Waals surface area contributed by atoms with Gasteiger partial charge in [0.15, 0.2) is 0 Å². The van der Waals surface area contributed by atoms with Crippen LogP contribution in [0.1, 0.15) is 88.5 Å². The number of hydrogen-bond acceptors (Lipinski definition) is 2. The van der Waals surface area contributed by atoms with E-state index in [9.17, 15) is 4.39 Å². The SMILES string of the molecule is CC(F)Oc1cccc(C(C)C)c1.CSc1cccc(C(C)C)c1.Cc1cc(C(C)C)ccc1Cl. The van der Waals surface area contributed by atoms with Gasteiger partial charge in [-0.1, -0.05) is 89.5 Å². The van der Waals surface area contributed by atoms with Crippen LogP contribution in [-0.2, 0) is 0 Å². The van der Waals surface area contributed by atoms with Crippen LogP contribution in [0.5, 0.6) is 5.75 Å². The molecule has 0 fully saturated rings. The molecule has 0 bridgehead atoms. The molecule has 0 aliphatic rings. The summed E-state index contributed by atoms with van der Waals surface area (Å²) in [6.45, 7) is 16.4. The second kappa shape index (κ2) is 15.9. The van der Waals surface area contributed by atoms with Crippen molar-refractivity contribution in [3.05, 3.63) is 94.0 Å². The summed E-state index contributed by atoms with van der Waals surface area (Å²) in [5, 5.41) is 0.856. The third-order valence-electron chi connectivity index (χ3n) is 5.43. The highest BCUT2D eigenvalue weighted by Gasteiger charge is 2.03. The Kier molecular flexibility index (Phi) is 14.1. The van der Waals surface area contributed by atoms with Crippen LogP contribution in [-0.4, -0.2) is 12.6 Å². The molecule has 3 aromatic carbocycles. The van der Waals surface area contributed by atoms with Gasteiger partial charge >= 0.3 is 0 Å². The Morgan fingerprint density at radius 2 is 1.23 bits per heavy atom. The maximum absolute atomic E-state index is 12.5. The van der Waals surface area contributed by atoms with Crippen LogP contribution in [0.3, 0.4) is 0 Å². The molecule has 3 aromatic rings. The van der Waals surface area contributed by atoms with Crippen molar-refractivity contribution in [2.45, 2.75) is 84.4 Å². The maximum Gasteiger partial charge on any atom is 0.235 e. The van der Waals surface area contributed by atoms with Crippen LogP contribution in [0.25, 0.3) is 0 Å². The maximum atomic E-state index is 12.5. The van der Waals surface area contributed by atoms with Gasteiger partial charge in [-0.2, -0.15) is 0 Å². The first-order valence-electron chi connectivity index (χ1n) is 12.2. The fourth-order valence-electron chi connectivity index (χ4n) is 3.16. The van der Waals surface area contributed by atoms with E-state index < -0.39 is 6.36 Å². The third kappa shape index (κ3) is 12.0. The van der Waals surface area contributed by atoms with E-state index in [1.54, 1.807) is 17.8 Å². The van der Waals surface area contributed by atoms with E-state index in [0.29, 0.717) is 23.5 Å². The Morgan fingerprint density at radius 1 is 0.714 bits per heavy atom. The molecule has 0 spiro atoms. The summed E-state index contributed by atoms with van der Waals surface area (Å²) >= 11 is 7.69. The van der Waals surface area contributed by atoms with Gasteiger partial charge in [-0.25, -0.2) is 4.39 Å². The molecule has 35 heavy (non-hydrogen) atoms. The average Bonchev–Trinajstić information content (AvgIpc) is 2.81. The standard InChI is InChI=1S/C11H15FO.C10H13Cl.C10H14S/c1-8(2)10-5-4-6-11(7-10)13-9(3)12;1-7(2)9-4-5-10(11)8(3)6-9;1-8(2)9-5-4-6-10(7-9)11-3/h4-9H,1-3H3;4-7H,1-3H3;4-8H,1-3H3. The van der Waals surface area contributed by atoms with Crippen molar-refractivity contribution in [1.29, 1.82) is 0 Å². The molecule has 0 aliphatic carbocycles. The first-order chi connectivity index (χ1) is 16.4. The predicted octanol–water partition coefficient (Wildman–Crippen LogP) is 10.8. The van der Waals surface area contributed by atoms with E-state index in [2.05, 4.69) is 84.2 Å². The Morgan fingerprint density at radius 3 is 1.71 bits per heavy atom. The van der Waals surface area contributed by atoms with Gasteiger partial charge in [0.05, 0.1) is 0 Å². The summed E-state index contributed by atoms with van der Waals surface area (Å²) in [5.41, 5.74) is 5.11. The number of ether oxygens (including phenoxy) is 1. The number of halogens is 2. The zero-order valence-electron chi connectivity index (χ0n) is 22.7. The summed E-state index contributed by atoms with van der Waals surface area (Å²) < 4.78 is 17.4. The molecule has 3 rings (SSSR count). The molecule has 0 amide bonds. The number of benzene rings is 3. The molecule has 0 radical (unpaired) electrons. The van der Waals surface area contributed by atoms with Gasteiger partial charge in [0.1, 0.15) is 5.75 Å². The minimum Gasteiger partial charge on any atom is -0.461 e. The average molecular weight is 517 g/mol. The summed E-state index contributed by atoms with van der Waals surface area (Å²) in [5.74, 6) is 2.27. The molecule has 1 nitrogen and oxygen atoms in total. The molecule has 1 unspecified atom stereocenters. The van der Waals surface area contributed by atoms with E-state index in [1.807, 2.05) is 31.2 Å². The van der Waals surface area contributed by atoms with Crippen molar-refractivity contribution in [3.63, 3.8) is 0 Å². The largest absolute Gasteiger partial charge is 0.461 e.